The fraction of sp³-hybridized carbons (Fsp3) is 0.300. The van der Waals surface area contributed by atoms with Crippen LogP contribution >= 0.6 is 15.9 Å². The second-order valence-electron chi connectivity index (χ2n) is 6.68. The molecule has 1 aliphatic rings. The van der Waals surface area contributed by atoms with Crippen LogP contribution in [0.5, 0.6) is 5.75 Å². The van der Waals surface area contributed by atoms with E-state index in [0.717, 1.165) is 5.56 Å². The summed E-state index contributed by atoms with van der Waals surface area (Å²) >= 11 is 3.34. The topological polar surface area (TPSA) is 92.8 Å². The Morgan fingerprint density at radius 1 is 1.21 bits per heavy atom. The lowest BCUT2D eigenvalue weighted by Crippen LogP contribution is -2.27. The zero-order valence-corrected chi connectivity index (χ0v) is 18.5. The minimum absolute atomic E-state index is 0.0758. The van der Waals surface area contributed by atoms with Gasteiger partial charge in [-0.3, -0.25) is 9.59 Å². The zero-order chi connectivity index (χ0) is 21.2. The highest BCUT2D eigenvalue weighted by atomic mass is 79.9. The first-order chi connectivity index (χ1) is 13.7. The van der Waals surface area contributed by atoms with Gasteiger partial charge in [-0.15, -0.1) is 0 Å². The van der Waals surface area contributed by atoms with E-state index in [1.54, 1.807) is 31.4 Å². The number of ether oxygens (including phenoxy) is 1. The van der Waals surface area contributed by atoms with Gasteiger partial charge >= 0.3 is 0 Å². The molecule has 0 saturated heterocycles. The average molecular weight is 481 g/mol. The first-order valence-corrected chi connectivity index (χ1v) is 11.4. The number of carbonyl (C=O) groups is 2. The van der Waals surface area contributed by atoms with Crippen molar-refractivity contribution in [2.75, 3.05) is 29.6 Å². The summed E-state index contributed by atoms with van der Waals surface area (Å²) in [7, 11) is -2.23. The molecule has 1 heterocycles. The van der Waals surface area contributed by atoms with E-state index in [-0.39, 0.29) is 23.0 Å². The minimum atomic E-state index is -3.78. The van der Waals surface area contributed by atoms with Gasteiger partial charge in [-0.25, -0.2) is 8.42 Å². The zero-order valence-electron chi connectivity index (χ0n) is 16.1. The van der Waals surface area contributed by atoms with Gasteiger partial charge in [-0.1, -0.05) is 15.9 Å². The Labute approximate surface area is 178 Å². The van der Waals surface area contributed by atoms with Crippen molar-refractivity contribution >= 4 is 49.0 Å². The summed E-state index contributed by atoms with van der Waals surface area (Å²) < 4.78 is 31.7. The Balaban J connectivity index is 1.76. The fourth-order valence-corrected chi connectivity index (χ4v) is 5.43. The number of rotatable bonds is 6. The number of hydrogen-bond donors (Lipinski definition) is 1. The molecule has 0 aromatic heterocycles. The van der Waals surface area contributed by atoms with Crippen LogP contribution in [0.3, 0.4) is 0 Å². The maximum Gasteiger partial charge on any atom is 0.225 e. The molecule has 7 nitrogen and oxygen atoms in total. The summed E-state index contributed by atoms with van der Waals surface area (Å²) in [5.74, 6) is -0.318. The lowest BCUT2D eigenvalue weighted by atomic mass is 10.2. The van der Waals surface area contributed by atoms with Crippen molar-refractivity contribution in [1.29, 1.82) is 0 Å². The number of halogens is 1. The van der Waals surface area contributed by atoms with Crippen LogP contribution in [0.25, 0.3) is 0 Å². The van der Waals surface area contributed by atoms with Gasteiger partial charge in [0.25, 0.3) is 0 Å². The molecule has 2 aromatic rings. The van der Waals surface area contributed by atoms with Gasteiger partial charge < -0.3 is 15.0 Å². The summed E-state index contributed by atoms with van der Waals surface area (Å²) in [6.45, 7) is 1.86. The van der Waals surface area contributed by atoms with E-state index in [9.17, 15) is 18.0 Å². The lowest BCUT2D eigenvalue weighted by molar-refractivity contribution is -0.117. The van der Waals surface area contributed by atoms with E-state index >= 15 is 0 Å². The van der Waals surface area contributed by atoms with Gasteiger partial charge in [0.05, 0.1) is 23.4 Å². The number of nitrogens with zero attached hydrogens (tertiary/aromatic N) is 1. The summed E-state index contributed by atoms with van der Waals surface area (Å²) in [4.78, 5) is 25.7. The van der Waals surface area contributed by atoms with Crippen LogP contribution in [-0.4, -0.2) is 39.6 Å². The van der Waals surface area contributed by atoms with Gasteiger partial charge in [0.15, 0.2) is 9.84 Å². The molecule has 2 aromatic carbocycles. The van der Waals surface area contributed by atoms with Crippen molar-refractivity contribution in [3.8, 4) is 5.75 Å². The van der Waals surface area contributed by atoms with Crippen molar-refractivity contribution in [1.82, 2.24) is 0 Å². The fourth-order valence-electron chi connectivity index (χ4n) is 3.26. The maximum atomic E-state index is 13.0. The smallest absolute Gasteiger partial charge is 0.225 e. The molecule has 2 amide bonds. The SMILES string of the molecule is COc1ccc(NC(=O)CCS(=O)(=O)c2cc(Br)cc3c2N(C(C)=O)CC3)cc1. The maximum absolute atomic E-state index is 13.0. The number of benzene rings is 2. The van der Waals surface area contributed by atoms with Crippen molar-refractivity contribution in [3.05, 3.63) is 46.4 Å². The highest BCUT2D eigenvalue weighted by Gasteiger charge is 2.31. The van der Waals surface area contributed by atoms with Crippen LogP contribution in [0.15, 0.2) is 45.8 Å². The van der Waals surface area contributed by atoms with E-state index < -0.39 is 15.7 Å². The van der Waals surface area contributed by atoms with Crippen molar-refractivity contribution in [3.63, 3.8) is 0 Å². The molecule has 1 N–H and O–H groups in total. The molecule has 0 radical (unpaired) electrons. The third-order valence-corrected chi connectivity index (χ3v) is 6.86. The number of sulfone groups is 1. The average Bonchev–Trinajstić information content (AvgIpc) is 3.10. The Bertz CT molecular complexity index is 1050. The minimum Gasteiger partial charge on any atom is -0.497 e. The Morgan fingerprint density at radius 2 is 1.90 bits per heavy atom. The first kappa shape index (κ1) is 21.3. The van der Waals surface area contributed by atoms with Gasteiger partial charge in [0.1, 0.15) is 5.75 Å². The van der Waals surface area contributed by atoms with E-state index in [1.165, 1.54) is 17.9 Å². The summed E-state index contributed by atoms with van der Waals surface area (Å²) in [6, 6.07) is 10.1. The van der Waals surface area contributed by atoms with Crippen LogP contribution < -0.4 is 15.0 Å². The van der Waals surface area contributed by atoms with Gasteiger partial charge in [-0.2, -0.15) is 0 Å². The van der Waals surface area contributed by atoms with Gasteiger partial charge in [0, 0.05) is 30.0 Å². The molecule has 3 rings (SSSR count). The number of carbonyl (C=O) groups excluding carboxylic acids is 2. The molecule has 0 atom stereocenters. The molecule has 0 fully saturated rings. The first-order valence-electron chi connectivity index (χ1n) is 8.98. The van der Waals surface area contributed by atoms with Crippen LogP contribution in [-0.2, 0) is 25.8 Å². The predicted molar refractivity (Wildman–Crippen MR) is 114 cm³/mol. The second kappa shape index (κ2) is 8.54. The largest absolute Gasteiger partial charge is 0.497 e. The molecular formula is C20H21BrN2O5S. The standard InChI is InChI=1S/C20H21BrN2O5S/c1-13(24)23-9-7-14-11-15(21)12-18(20(14)23)29(26,27)10-8-19(25)22-16-3-5-17(28-2)6-4-16/h3-6,11-12H,7-10H2,1-2H3,(H,22,25). The predicted octanol–water partition coefficient (Wildman–Crippen LogP) is 3.17. The van der Waals surface area contributed by atoms with Crippen molar-refractivity contribution in [2.24, 2.45) is 0 Å². The second-order valence-corrected chi connectivity index (χ2v) is 9.67. The molecule has 0 aliphatic carbocycles. The highest BCUT2D eigenvalue weighted by Crippen LogP contribution is 2.38. The third kappa shape index (κ3) is 4.79. The molecule has 0 unspecified atom stereocenters. The van der Waals surface area contributed by atoms with Crippen LogP contribution in [0, 0.1) is 0 Å². The number of amides is 2. The quantitative estimate of drug-likeness (QED) is 0.685. The lowest BCUT2D eigenvalue weighted by Gasteiger charge is -2.19. The van der Waals surface area contributed by atoms with Crippen molar-refractivity contribution in [2.45, 2.75) is 24.7 Å². The molecule has 29 heavy (non-hydrogen) atoms. The van der Waals surface area contributed by atoms with Crippen LogP contribution in [0.1, 0.15) is 18.9 Å². The normalized spacial score (nSPS) is 13.1. The van der Waals surface area contributed by atoms with E-state index in [4.69, 9.17) is 4.74 Å². The third-order valence-electron chi connectivity index (χ3n) is 4.68. The Kier molecular flexibility index (Phi) is 6.28. The Hall–Kier alpha value is -2.39. The molecule has 0 bridgehead atoms. The number of nitrogens with one attached hydrogen (secondary N) is 1. The number of fused-ring (bicyclic) bond motifs is 1. The highest BCUT2D eigenvalue weighted by molar-refractivity contribution is 9.10. The van der Waals surface area contributed by atoms with E-state index in [0.29, 0.717) is 34.6 Å². The van der Waals surface area contributed by atoms with Gasteiger partial charge in [-0.05, 0) is 48.4 Å². The van der Waals surface area contributed by atoms with E-state index in [1.807, 2.05) is 6.07 Å². The molecule has 154 valence electrons. The summed E-state index contributed by atoms with van der Waals surface area (Å²) in [6.07, 6.45) is 0.393. The molecule has 9 heteroatoms. The summed E-state index contributed by atoms with van der Waals surface area (Å²) in [5.41, 5.74) is 1.78. The Morgan fingerprint density at radius 3 is 2.52 bits per heavy atom. The number of anilines is 2. The number of methoxy groups -OCH3 is 1. The van der Waals surface area contributed by atoms with Crippen LogP contribution in [0.2, 0.25) is 0 Å². The molecular weight excluding hydrogens is 460 g/mol. The van der Waals surface area contributed by atoms with Crippen LogP contribution in [0.4, 0.5) is 11.4 Å². The van der Waals surface area contributed by atoms with Gasteiger partial charge in [0.2, 0.25) is 11.8 Å². The number of hydrogen-bond acceptors (Lipinski definition) is 5. The summed E-state index contributed by atoms with van der Waals surface area (Å²) in [5, 5.41) is 2.68. The monoisotopic (exact) mass is 480 g/mol. The molecule has 0 saturated carbocycles. The molecule has 1 aliphatic heterocycles. The van der Waals surface area contributed by atoms with Crippen molar-refractivity contribution < 1.29 is 22.7 Å². The molecule has 0 spiro atoms. The van der Waals surface area contributed by atoms with E-state index in [2.05, 4.69) is 21.2 Å².